The van der Waals surface area contributed by atoms with Crippen LogP contribution in [0.15, 0.2) is 0 Å². The molecule has 0 unspecified atom stereocenters. The van der Waals surface area contributed by atoms with E-state index in [0.29, 0.717) is 0 Å². The summed E-state index contributed by atoms with van der Waals surface area (Å²) in [7, 11) is 0. The fourth-order valence-electron chi connectivity index (χ4n) is 0. The Morgan fingerprint density at radius 2 is 0.250 bits per heavy atom. The van der Waals surface area contributed by atoms with E-state index in [-0.39, 0.29) is 147 Å². The van der Waals surface area contributed by atoms with Gasteiger partial charge in [0, 0.05) is 103 Å². The summed E-state index contributed by atoms with van der Waals surface area (Å²) < 4.78 is 0. The third kappa shape index (κ3) is 59.2. The first-order valence-electron chi connectivity index (χ1n) is 0. The summed E-state index contributed by atoms with van der Waals surface area (Å²) in [4.78, 5) is 0. The van der Waals surface area contributed by atoms with E-state index in [2.05, 4.69) is 0 Å². The largest absolute Gasteiger partial charge is 0.0776 e. The van der Waals surface area contributed by atoms with Crippen molar-refractivity contribution in [3.63, 3.8) is 0 Å². The Hall–Kier alpha value is 3.27. The first-order valence-corrected chi connectivity index (χ1v) is 0. The standard InChI is InChI=1S/6CH4.2K/h6*1H4;;. The summed E-state index contributed by atoms with van der Waals surface area (Å²) in [6.45, 7) is 0. The van der Waals surface area contributed by atoms with Crippen LogP contribution in [0.2, 0.25) is 0 Å². The smallest absolute Gasteiger partial charge is 0 e. The minimum Gasteiger partial charge on any atom is -0.0776 e. The van der Waals surface area contributed by atoms with Crippen molar-refractivity contribution in [3.05, 3.63) is 0 Å². The third-order valence-electron chi connectivity index (χ3n) is 0. The average molecular weight is 174 g/mol. The summed E-state index contributed by atoms with van der Waals surface area (Å²) in [5, 5.41) is 0. The fourth-order valence-corrected chi connectivity index (χ4v) is 0. The zero-order valence-electron chi connectivity index (χ0n) is 2.00. The molecule has 8 heavy (non-hydrogen) atoms. The minimum atomic E-state index is 0. The van der Waals surface area contributed by atoms with Gasteiger partial charge in [-0.1, -0.05) is 44.6 Å². The molecule has 0 N–H and O–H groups in total. The molecule has 0 aliphatic heterocycles. The van der Waals surface area contributed by atoms with Crippen LogP contribution in [-0.2, 0) is 0 Å². The third-order valence-corrected chi connectivity index (χ3v) is 0. The normalized spacial score (nSPS) is 0. The number of hydrogen-bond donors (Lipinski definition) is 0. The molecule has 0 nitrogen and oxygen atoms in total. The quantitative estimate of drug-likeness (QED) is 0.495. The molecule has 0 atom stereocenters. The summed E-state index contributed by atoms with van der Waals surface area (Å²) in [5.41, 5.74) is 0. The van der Waals surface area contributed by atoms with Crippen LogP contribution in [0.25, 0.3) is 0 Å². The Kier molecular flexibility index (Phi) is 1140. The molecule has 0 aliphatic carbocycles. The van der Waals surface area contributed by atoms with Crippen molar-refractivity contribution < 1.29 is 0 Å². The second-order valence-electron chi connectivity index (χ2n) is 0. The van der Waals surface area contributed by atoms with E-state index in [1.807, 2.05) is 0 Å². The minimum absolute atomic E-state index is 0. The maximum atomic E-state index is 0. The van der Waals surface area contributed by atoms with Gasteiger partial charge in [-0.3, -0.25) is 0 Å². The number of rotatable bonds is 0. The van der Waals surface area contributed by atoms with Gasteiger partial charge in [0.15, 0.2) is 0 Å². The Labute approximate surface area is 143 Å². The van der Waals surface area contributed by atoms with Gasteiger partial charge in [0.2, 0.25) is 0 Å². The second kappa shape index (κ2) is 82.5. The van der Waals surface area contributed by atoms with Crippen molar-refractivity contribution in [3.8, 4) is 0 Å². The molecule has 0 heterocycles. The Morgan fingerprint density at radius 1 is 0.250 bits per heavy atom. The van der Waals surface area contributed by atoms with E-state index < -0.39 is 0 Å². The maximum absolute atomic E-state index is 0. The number of hydrogen-bond acceptors (Lipinski definition) is 0. The van der Waals surface area contributed by atoms with E-state index in [1.54, 1.807) is 0 Å². The van der Waals surface area contributed by atoms with Crippen LogP contribution in [0.4, 0.5) is 0 Å². The first-order chi connectivity index (χ1) is 0. The van der Waals surface area contributed by atoms with Gasteiger partial charge in [0.1, 0.15) is 0 Å². The predicted octanol–water partition coefficient (Wildman–Crippen LogP) is 3.06. The molecule has 2 heteroatoms. The second-order valence-corrected chi connectivity index (χ2v) is 0. The van der Waals surface area contributed by atoms with Gasteiger partial charge in [-0.05, 0) is 0 Å². The monoisotopic (exact) mass is 174 g/mol. The molecule has 2 radical (unpaired) electrons. The molecule has 0 saturated heterocycles. The average Bonchev–Trinajstić information content (AvgIpc) is 0. The van der Waals surface area contributed by atoms with E-state index in [4.69, 9.17) is 0 Å². The van der Waals surface area contributed by atoms with Crippen LogP contribution in [0.5, 0.6) is 0 Å². The predicted molar refractivity (Wildman–Crippen MR) is 51.9 cm³/mol. The molecule has 0 bridgehead atoms. The van der Waals surface area contributed by atoms with Gasteiger partial charge in [-0.15, -0.1) is 0 Å². The molecular formula is C6H24K2. The maximum Gasteiger partial charge on any atom is 0 e. The SMILES string of the molecule is C.C.C.C.C.C.[K].[K]. The molecule has 0 saturated carbocycles. The molecule has 0 rings (SSSR count). The van der Waals surface area contributed by atoms with Crippen molar-refractivity contribution in [1.29, 1.82) is 0 Å². The van der Waals surface area contributed by atoms with Crippen molar-refractivity contribution in [2.45, 2.75) is 44.6 Å². The van der Waals surface area contributed by atoms with Crippen LogP contribution in [0, 0.1) is 0 Å². The van der Waals surface area contributed by atoms with Crippen molar-refractivity contribution >= 4 is 103 Å². The summed E-state index contributed by atoms with van der Waals surface area (Å²) in [6, 6.07) is 0. The summed E-state index contributed by atoms with van der Waals surface area (Å²) in [5.74, 6) is 0. The first kappa shape index (κ1) is 111. The van der Waals surface area contributed by atoms with Crippen LogP contribution in [0.3, 0.4) is 0 Å². The van der Waals surface area contributed by atoms with Crippen LogP contribution >= 0.6 is 0 Å². The zero-order valence-corrected chi connectivity index (χ0v) is 8.25. The Balaban J connectivity index is 0. The molecule has 0 aromatic heterocycles. The van der Waals surface area contributed by atoms with E-state index in [9.17, 15) is 0 Å². The van der Waals surface area contributed by atoms with Crippen LogP contribution < -0.4 is 0 Å². The molecule has 0 amide bonds. The van der Waals surface area contributed by atoms with Crippen molar-refractivity contribution in [2.24, 2.45) is 0 Å². The van der Waals surface area contributed by atoms with Gasteiger partial charge in [0.05, 0.1) is 0 Å². The van der Waals surface area contributed by atoms with Crippen molar-refractivity contribution in [1.82, 2.24) is 0 Å². The summed E-state index contributed by atoms with van der Waals surface area (Å²) >= 11 is 0. The van der Waals surface area contributed by atoms with Gasteiger partial charge < -0.3 is 0 Å². The molecule has 0 aromatic carbocycles. The summed E-state index contributed by atoms with van der Waals surface area (Å²) in [6.07, 6.45) is 0. The molecule has 50 valence electrons. The molecule has 0 fully saturated rings. The molecule has 0 spiro atoms. The van der Waals surface area contributed by atoms with Crippen molar-refractivity contribution in [2.75, 3.05) is 0 Å². The molecule has 0 aromatic rings. The Morgan fingerprint density at radius 3 is 0.250 bits per heavy atom. The molecule has 0 aliphatic rings. The topological polar surface area (TPSA) is 0 Å². The van der Waals surface area contributed by atoms with Gasteiger partial charge >= 0.3 is 0 Å². The van der Waals surface area contributed by atoms with Gasteiger partial charge in [-0.2, -0.15) is 0 Å². The van der Waals surface area contributed by atoms with E-state index >= 15 is 0 Å². The van der Waals surface area contributed by atoms with E-state index in [0.717, 1.165) is 0 Å². The van der Waals surface area contributed by atoms with Crippen LogP contribution in [-0.4, -0.2) is 103 Å². The van der Waals surface area contributed by atoms with Crippen LogP contribution in [0.1, 0.15) is 44.6 Å². The fraction of sp³-hybridized carbons (Fsp3) is 1.00. The molecular weight excluding hydrogens is 150 g/mol. The van der Waals surface area contributed by atoms with Gasteiger partial charge in [0.25, 0.3) is 0 Å². The Bertz CT molecular complexity index is 6.49. The van der Waals surface area contributed by atoms with E-state index in [1.165, 1.54) is 0 Å². The van der Waals surface area contributed by atoms with Gasteiger partial charge in [-0.25, -0.2) is 0 Å². The zero-order chi connectivity index (χ0) is 0.